The first-order chi connectivity index (χ1) is 10.9. The molecule has 0 atom stereocenters. The molecule has 1 saturated heterocycles. The largest absolute Gasteiger partial charge is 0.360 e. The number of rotatable bonds is 3. The lowest BCUT2D eigenvalue weighted by atomic mass is 10.3. The highest BCUT2D eigenvalue weighted by molar-refractivity contribution is 7.89. The highest BCUT2D eigenvalue weighted by Gasteiger charge is 2.29. The molecule has 1 aliphatic heterocycles. The van der Waals surface area contributed by atoms with Crippen molar-refractivity contribution in [3.05, 3.63) is 40.1 Å². The number of aromatic nitrogens is 1. The lowest BCUT2D eigenvalue weighted by Crippen LogP contribution is -2.48. The number of anilines is 1. The first-order valence-corrected chi connectivity index (χ1v) is 9.21. The average Bonchev–Trinajstić information content (AvgIpc) is 2.96. The summed E-state index contributed by atoms with van der Waals surface area (Å²) in [6.45, 7) is 3.66. The number of sulfonamides is 1. The zero-order chi connectivity index (χ0) is 16.6. The first-order valence-electron chi connectivity index (χ1n) is 7.01. The number of piperazine rings is 1. The summed E-state index contributed by atoms with van der Waals surface area (Å²) in [6, 6.07) is 6.18. The fraction of sp³-hybridized carbons (Fsp3) is 0.357. The third kappa shape index (κ3) is 3.33. The molecule has 3 rings (SSSR count). The predicted molar refractivity (Wildman–Crippen MR) is 88.7 cm³/mol. The topological polar surface area (TPSA) is 66.7 Å². The number of benzene rings is 1. The van der Waals surface area contributed by atoms with Gasteiger partial charge in [-0.1, -0.05) is 28.4 Å². The number of nitrogens with zero attached hydrogens (tertiary/aromatic N) is 3. The van der Waals surface area contributed by atoms with E-state index in [2.05, 4.69) is 5.16 Å². The summed E-state index contributed by atoms with van der Waals surface area (Å²) in [5.74, 6) is 1.46. The maximum atomic E-state index is 12.7. The first kappa shape index (κ1) is 16.6. The van der Waals surface area contributed by atoms with Crippen molar-refractivity contribution in [1.82, 2.24) is 9.46 Å². The SMILES string of the molecule is Cc1cc(N2CCN(S(=O)(=O)c3ccc(Cl)c(Cl)c3)CC2)no1. The molecule has 6 nitrogen and oxygen atoms in total. The van der Waals surface area contributed by atoms with Gasteiger partial charge in [-0.05, 0) is 25.1 Å². The summed E-state index contributed by atoms with van der Waals surface area (Å²) < 4.78 is 31.8. The lowest BCUT2D eigenvalue weighted by molar-refractivity contribution is 0.371. The molecule has 0 unspecified atom stereocenters. The van der Waals surface area contributed by atoms with Crippen molar-refractivity contribution in [1.29, 1.82) is 0 Å². The average molecular weight is 376 g/mol. The molecule has 2 aromatic rings. The smallest absolute Gasteiger partial charge is 0.243 e. The van der Waals surface area contributed by atoms with Gasteiger partial charge >= 0.3 is 0 Å². The van der Waals surface area contributed by atoms with Crippen LogP contribution in [0.2, 0.25) is 10.0 Å². The third-order valence-corrected chi connectivity index (χ3v) is 6.34. The third-order valence-electron chi connectivity index (χ3n) is 3.71. The lowest BCUT2D eigenvalue weighted by Gasteiger charge is -2.33. The van der Waals surface area contributed by atoms with E-state index in [0.29, 0.717) is 31.2 Å². The maximum absolute atomic E-state index is 12.7. The van der Waals surface area contributed by atoms with Gasteiger partial charge in [-0.25, -0.2) is 8.42 Å². The molecule has 0 saturated carbocycles. The molecule has 1 aromatic carbocycles. The van der Waals surface area contributed by atoms with Gasteiger partial charge < -0.3 is 9.42 Å². The molecule has 1 aliphatic rings. The molecule has 1 fully saturated rings. The second-order valence-corrected chi connectivity index (χ2v) is 8.02. The van der Waals surface area contributed by atoms with Crippen molar-refractivity contribution in [2.24, 2.45) is 0 Å². The second-order valence-electron chi connectivity index (χ2n) is 5.26. The molecule has 124 valence electrons. The van der Waals surface area contributed by atoms with Crippen molar-refractivity contribution < 1.29 is 12.9 Å². The minimum absolute atomic E-state index is 0.151. The van der Waals surface area contributed by atoms with E-state index in [1.54, 1.807) is 0 Å². The Labute approximate surface area is 144 Å². The quantitative estimate of drug-likeness (QED) is 0.824. The van der Waals surface area contributed by atoms with Crippen molar-refractivity contribution in [2.75, 3.05) is 31.1 Å². The van der Waals surface area contributed by atoms with Gasteiger partial charge in [0.25, 0.3) is 0 Å². The maximum Gasteiger partial charge on any atom is 0.243 e. The van der Waals surface area contributed by atoms with E-state index in [1.807, 2.05) is 17.9 Å². The summed E-state index contributed by atoms with van der Waals surface area (Å²) in [4.78, 5) is 2.15. The molecule has 0 radical (unpaired) electrons. The van der Waals surface area contributed by atoms with Crippen molar-refractivity contribution in [2.45, 2.75) is 11.8 Å². The monoisotopic (exact) mass is 375 g/mol. The number of halogens is 2. The summed E-state index contributed by atoms with van der Waals surface area (Å²) in [5, 5.41) is 4.51. The highest BCUT2D eigenvalue weighted by Crippen LogP contribution is 2.27. The Morgan fingerprint density at radius 2 is 1.78 bits per heavy atom. The summed E-state index contributed by atoms with van der Waals surface area (Å²) >= 11 is 11.8. The van der Waals surface area contributed by atoms with Gasteiger partial charge in [-0.3, -0.25) is 0 Å². The molecule has 0 aliphatic carbocycles. The van der Waals surface area contributed by atoms with Crippen LogP contribution in [0.3, 0.4) is 0 Å². The molecule has 9 heteroatoms. The van der Waals surface area contributed by atoms with E-state index < -0.39 is 10.0 Å². The number of hydrogen-bond acceptors (Lipinski definition) is 5. The van der Waals surface area contributed by atoms with Gasteiger partial charge in [0.05, 0.1) is 14.9 Å². The van der Waals surface area contributed by atoms with Crippen molar-refractivity contribution in [3.63, 3.8) is 0 Å². The van der Waals surface area contributed by atoms with E-state index in [4.69, 9.17) is 27.7 Å². The Kier molecular flexibility index (Phi) is 4.55. The van der Waals surface area contributed by atoms with Crippen LogP contribution in [0.4, 0.5) is 5.82 Å². The molecule has 2 heterocycles. The normalized spacial score (nSPS) is 16.7. The minimum Gasteiger partial charge on any atom is -0.360 e. The van der Waals surface area contributed by atoms with Gasteiger partial charge in [0.15, 0.2) is 5.82 Å². The van der Waals surface area contributed by atoms with Gasteiger partial charge in [-0.15, -0.1) is 0 Å². The molecule has 0 amide bonds. The number of hydrogen-bond donors (Lipinski definition) is 0. The predicted octanol–water partition coefficient (Wildman–Crippen LogP) is 2.80. The minimum atomic E-state index is -3.58. The Balaban J connectivity index is 1.74. The Morgan fingerprint density at radius 3 is 2.35 bits per heavy atom. The molecule has 0 bridgehead atoms. The second kappa shape index (κ2) is 6.32. The van der Waals surface area contributed by atoms with Crippen LogP contribution in [0.5, 0.6) is 0 Å². The Hall–Kier alpha value is -1.28. The van der Waals surface area contributed by atoms with Crippen LogP contribution < -0.4 is 4.90 Å². The van der Waals surface area contributed by atoms with Crippen LogP contribution in [-0.4, -0.2) is 44.1 Å². The van der Waals surface area contributed by atoms with Crippen LogP contribution in [-0.2, 0) is 10.0 Å². The Morgan fingerprint density at radius 1 is 1.09 bits per heavy atom. The van der Waals surface area contributed by atoms with Gasteiger partial charge in [-0.2, -0.15) is 4.31 Å². The van der Waals surface area contributed by atoms with E-state index in [0.717, 1.165) is 11.6 Å². The summed E-state index contributed by atoms with van der Waals surface area (Å²) in [5.41, 5.74) is 0. The van der Waals surface area contributed by atoms with E-state index in [-0.39, 0.29) is 9.92 Å². The van der Waals surface area contributed by atoms with Gasteiger partial charge in [0.1, 0.15) is 5.76 Å². The van der Waals surface area contributed by atoms with Crippen LogP contribution >= 0.6 is 23.2 Å². The molecule has 1 aromatic heterocycles. The van der Waals surface area contributed by atoms with E-state index in [1.165, 1.54) is 22.5 Å². The summed E-state index contributed by atoms with van der Waals surface area (Å²) in [7, 11) is -3.58. The fourth-order valence-corrected chi connectivity index (χ4v) is 4.26. The van der Waals surface area contributed by atoms with Crippen LogP contribution in [0.1, 0.15) is 5.76 Å². The molecular weight excluding hydrogens is 361 g/mol. The van der Waals surface area contributed by atoms with Crippen LogP contribution in [0.25, 0.3) is 0 Å². The van der Waals surface area contributed by atoms with Crippen LogP contribution in [0, 0.1) is 6.92 Å². The zero-order valence-electron chi connectivity index (χ0n) is 12.4. The highest BCUT2D eigenvalue weighted by atomic mass is 35.5. The van der Waals surface area contributed by atoms with Crippen molar-refractivity contribution in [3.8, 4) is 0 Å². The van der Waals surface area contributed by atoms with Gasteiger partial charge in [0.2, 0.25) is 10.0 Å². The molecule has 23 heavy (non-hydrogen) atoms. The molecular formula is C14H15Cl2N3O3S. The zero-order valence-corrected chi connectivity index (χ0v) is 14.7. The standard InChI is InChI=1S/C14H15Cl2N3O3S/c1-10-8-14(17-22-10)18-4-6-19(7-5-18)23(20,21)11-2-3-12(15)13(16)9-11/h2-3,8-9H,4-7H2,1H3. The Bertz CT molecular complexity index is 814. The van der Waals surface area contributed by atoms with E-state index in [9.17, 15) is 8.42 Å². The fourth-order valence-electron chi connectivity index (χ4n) is 2.45. The summed E-state index contributed by atoms with van der Waals surface area (Å²) in [6.07, 6.45) is 0. The number of aryl methyl sites for hydroxylation is 1. The van der Waals surface area contributed by atoms with Gasteiger partial charge in [0, 0.05) is 32.2 Å². The molecule has 0 N–H and O–H groups in total. The van der Waals surface area contributed by atoms with Crippen LogP contribution in [0.15, 0.2) is 33.7 Å². The molecule has 0 spiro atoms. The van der Waals surface area contributed by atoms with E-state index >= 15 is 0 Å². The van der Waals surface area contributed by atoms with Crippen molar-refractivity contribution >= 4 is 39.0 Å².